The highest BCUT2D eigenvalue weighted by Gasteiger charge is 2.19. The topological polar surface area (TPSA) is 21.3 Å². The van der Waals surface area contributed by atoms with E-state index < -0.39 is 0 Å². The maximum atomic E-state index is 6.13. The maximum absolute atomic E-state index is 6.13. The summed E-state index contributed by atoms with van der Waals surface area (Å²) >= 11 is 12.0. The minimum Gasteiger partial charge on any atom is -0.489 e. The number of ether oxygens (including phenoxy) is 1. The smallest absolute Gasteiger partial charge is 0.119 e. The molecule has 2 nitrogen and oxygen atoms in total. The molecule has 2 aromatic rings. The van der Waals surface area contributed by atoms with Gasteiger partial charge in [-0.1, -0.05) is 41.4 Å². The SMILES string of the molecule is Clc1ccc(COc2ccc(CNC3CC3)cc2)c(Cl)c1. The predicted octanol–water partition coefficient (Wildman–Crippen LogP) is 4.82. The molecule has 0 radical (unpaired) electrons. The summed E-state index contributed by atoms with van der Waals surface area (Å²) in [5.41, 5.74) is 2.21. The molecule has 1 saturated carbocycles. The van der Waals surface area contributed by atoms with Crippen LogP contribution >= 0.6 is 23.2 Å². The molecule has 1 aliphatic rings. The molecular weight excluding hydrogens is 305 g/mol. The molecule has 1 fully saturated rings. The van der Waals surface area contributed by atoms with Gasteiger partial charge in [0, 0.05) is 28.2 Å². The molecule has 0 saturated heterocycles. The summed E-state index contributed by atoms with van der Waals surface area (Å²) in [7, 11) is 0. The summed E-state index contributed by atoms with van der Waals surface area (Å²) in [5.74, 6) is 0.844. The number of halogens is 2. The molecule has 2 aromatic carbocycles. The Morgan fingerprint density at radius 3 is 2.48 bits per heavy atom. The van der Waals surface area contributed by atoms with Crippen LogP contribution in [0.15, 0.2) is 42.5 Å². The van der Waals surface area contributed by atoms with Gasteiger partial charge in [-0.3, -0.25) is 0 Å². The zero-order chi connectivity index (χ0) is 14.7. The second-order valence-electron chi connectivity index (χ2n) is 5.32. The average molecular weight is 322 g/mol. The Bertz CT molecular complexity index is 609. The molecule has 110 valence electrons. The van der Waals surface area contributed by atoms with E-state index in [0.717, 1.165) is 23.9 Å². The first-order chi connectivity index (χ1) is 10.2. The Labute approximate surface area is 135 Å². The van der Waals surface area contributed by atoms with Crippen molar-refractivity contribution in [3.63, 3.8) is 0 Å². The summed E-state index contributed by atoms with van der Waals surface area (Å²) in [6, 6.07) is 14.3. The van der Waals surface area contributed by atoms with Crippen LogP contribution in [0.25, 0.3) is 0 Å². The predicted molar refractivity (Wildman–Crippen MR) is 87.1 cm³/mol. The monoisotopic (exact) mass is 321 g/mol. The number of nitrogens with one attached hydrogen (secondary N) is 1. The first-order valence-electron chi connectivity index (χ1n) is 7.10. The molecule has 0 aliphatic heterocycles. The summed E-state index contributed by atoms with van der Waals surface area (Å²) < 4.78 is 5.76. The Kier molecular flexibility index (Phi) is 4.69. The number of hydrogen-bond acceptors (Lipinski definition) is 2. The number of hydrogen-bond donors (Lipinski definition) is 1. The van der Waals surface area contributed by atoms with Gasteiger partial charge in [-0.05, 0) is 42.7 Å². The highest BCUT2D eigenvalue weighted by Crippen LogP contribution is 2.23. The molecule has 1 aliphatic carbocycles. The van der Waals surface area contributed by atoms with Crippen molar-refractivity contribution in [2.45, 2.75) is 32.0 Å². The first-order valence-corrected chi connectivity index (χ1v) is 7.85. The van der Waals surface area contributed by atoms with Crippen LogP contribution in [0.4, 0.5) is 0 Å². The Balaban J connectivity index is 1.54. The zero-order valence-electron chi connectivity index (χ0n) is 11.6. The third-order valence-corrected chi connectivity index (χ3v) is 4.09. The highest BCUT2D eigenvalue weighted by atomic mass is 35.5. The second-order valence-corrected chi connectivity index (χ2v) is 6.17. The molecule has 21 heavy (non-hydrogen) atoms. The summed E-state index contributed by atoms with van der Waals surface area (Å²) in [6.07, 6.45) is 2.62. The van der Waals surface area contributed by atoms with Gasteiger partial charge in [0.25, 0.3) is 0 Å². The average Bonchev–Trinajstić information content (AvgIpc) is 3.30. The molecule has 0 bridgehead atoms. The van der Waals surface area contributed by atoms with Crippen molar-refractivity contribution in [1.29, 1.82) is 0 Å². The lowest BCUT2D eigenvalue weighted by molar-refractivity contribution is 0.306. The lowest BCUT2D eigenvalue weighted by Gasteiger charge is -2.09. The van der Waals surface area contributed by atoms with Gasteiger partial charge >= 0.3 is 0 Å². The van der Waals surface area contributed by atoms with E-state index >= 15 is 0 Å². The minimum atomic E-state index is 0.440. The fourth-order valence-electron chi connectivity index (χ4n) is 2.05. The van der Waals surface area contributed by atoms with Gasteiger partial charge in [-0.2, -0.15) is 0 Å². The van der Waals surface area contributed by atoms with Crippen LogP contribution in [-0.4, -0.2) is 6.04 Å². The molecule has 0 amide bonds. The second kappa shape index (κ2) is 6.69. The van der Waals surface area contributed by atoms with Gasteiger partial charge in [0.2, 0.25) is 0 Å². The summed E-state index contributed by atoms with van der Waals surface area (Å²) in [4.78, 5) is 0. The van der Waals surface area contributed by atoms with Crippen LogP contribution in [0.2, 0.25) is 10.0 Å². The van der Waals surface area contributed by atoms with Crippen molar-refractivity contribution in [3.05, 3.63) is 63.6 Å². The van der Waals surface area contributed by atoms with E-state index in [9.17, 15) is 0 Å². The molecule has 1 N–H and O–H groups in total. The van der Waals surface area contributed by atoms with Crippen molar-refractivity contribution in [1.82, 2.24) is 5.32 Å². The van der Waals surface area contributed by atoms with Gasteiger partial charge in [-0.15, -0.1) is 0 Å². The number of benzene rings is 2. The van der Waals surface area contributed by atoms with Crippen LogP contribution in [-0.2, 0) is 13.2 Å². The summed E-state index contributed by atoms with van der Waals surface area (Å²) in [6.45, 7) is 1.36. The van der Waals surface area contributed by atoms with Gasteiger partial charge in [-0.25, -0.2) is 0 Å². The van der Waals surface area contributed by atoms with E-state index in [1.54, 1.807) is 6.07 Å². The number of rotatable bonds is 6. The first kappa shape index (κ1) is 14.7. The standard InChI is InChI=1S/C17H17Cl2NO/c18-14-4-3-13(17(19)9-14)11-21-16-7-1-12(2-8-16)10-20-15-5-6-15/h1-4,7-9,15,20H,5-6,10-11H2. The third-order valence-electron chi connectivity index (χ3n) is 3.51. The molecule has 0 spiro atoms. The van der Waals surface area contributed by atoms with Gasteiger partial charge < -0.3 is 10.1 Å². The lowest BCUT2D eigenvalue weighted by Crippen LogP contribution is -2.15. The molecule has 0 heterocycles. The van der Waals surface area contributed by atoms with Gasteiger partial charge in [0.1, 0.15) is 12.4 Å². The Morgan fingerprint density at radius 2 is 1.81 bits per heavy atom. The quantitative estimate of drug-likeness (QED) is 0.823. The largest absolute Gasteiger partial charge is 0.489 e. The fraction of sp³-hybridized carbons (Fsp3) is 0.294. The van der Waals surface area contributed by atoms with Crippen LogP contribution in [0, 0.1) is 0 Å². The van der Waals surface area contributed by atoms with E-state index in [1.165, 1.54) is 18.4 Å². The lowest BCUT2D eigenvalue weighted by atomic mass is 10.2. The van der Waals surface area contributed by atoms with Crippen LogP contribution in [0.3, 0.4) is 0 Å². The van der Waals surface area contributed by atoms with Crippen molar-refractivity contribution in [2.24, 2.45) is 0 Å². The Hall–Kier alpha value is -1.22. The van der Waals surface area contributed by atoms with Crippen molar-refractivity contribution < 1.29 is 4.74 Å². The highest BCUT2D eigenvalue weighted by molar-refractivity contribution is 6.35. The van der Waals surface area contributed by atoms with Crippen LogP contribution in [0.1, 0.15) is 24.0 Å². The fourth-order valence-corrected chi connectivity index (χ4v) is 2.52. The van der Waals surface area contributed by atoms with Crippen molar-refractivity contribution in [3.8, 4) is 5.75 Å². The van der Waals surface area contributed by atoms with Crippen molar-refractivity contribution in [2.75, 3.05) is 0 Å². The van der Waals surface area contributed by atoms with Crippen LogP contribution in [0.5, 0.6) is 5.75 Å². The van der Waals surface area contributed by atoms with Crippen molar-refractivity contribution >= 4 is 23.2 Å². The van der Waals surface area contributed by atoms with Gasteiger partial charge in [0.15, 0.2) is 0 Å². The molecule has 3 rings (SSSR count). The molecule has 0 atom stereocenters. The van der Waals surface area contributed by atoms with Crippen LogP contribution < -0.4 is 10.1 Å². The van der Waals surface area contributed by atoms with E-state index in [0.29, 0.717) is 16.7 Å². The van der Waals surface area contributed by atoms with E-state index in [1.807, 2.05) is 24.3 Å². The van der Waals surface area contributed by atoms with Gasteiger partial charge in [0.05, 0.1) is 0 Å². The molecule has 0 aromatic heterocycles. The molecule has 0 unspecified atom stereocenters. The third kappa shape index (κ3) is 4.37. The minimum absolute atomic E-state index is 0.440. The van der Waals surface area contributed by atoms with E-state index in [4.69, 9.17) is 27.9 Å². The van der Waals surface area contributed by atoms with E-state index in [-0.39, 0.29) is 0 Å². The molecule has 4 heteroatoms. The Morgan fingerprint density at radius 1 is 1.05 bits per heavy atom. The maximum Gasteiger partial charge on any atom is 0.119 e. The zero-order valence-corrected chi connectivity index (χ0v) is 13.1. The normalized spacial score (nSPS) is 14.2. The summed E-state index contributed by atoms with van der Waals surface area (Å²) in [5, 5.41) is 4.76. The molecular formula is C17H17Cl2NO. The van der Waals surface area contributed by atoms with E-state index in [2.05, 4.69) is 17.4 Å².